The molecule has 20 heavy (non-hydrogen) atoms. The Morgan fingerprint density at radius 1 is 1.30 bits per heavy atom. The fourth-order valence-corrected chi connectivity index (χ4v) is 3.09. The van der Waals surface area contributed by atoms with Gasteiger partial charge in [-0.1, -0.05) is 30.3 Å². The Kier molecular flexibility index (Phi) is 3.71. The first kappa shape index (κ1) is 13.1. The van der Waals surface area contributed by atoms with Crippen molar-refractivity contribution in [3.8, 4) is 0 Å². The van der Waals surface area contributed by atoms with Gasteiger partial charge in [0, 0.05) is 24.7 Å². The molecule has 1 N–H and O–H groups in total. The largest absolute Gasteiger partial charge is 0.390 e. The highest BCUT2D eigenvalue weighted by Gasteiger charge is 2.17. The molecular formula is C15H17N3OS. The van der Waals surface area contributed by atoms with Gasteiger partial charge >= 0.3 is 0 Å². The highest BCUT2D eigenvalue weighted by molar-refractivity contribution is 7.15. The van der Waals surface area contributed by atoms with Crippen molar-refractivity contribution in [2.75, 3.05) is 11.4 Å². The minimum absolute atomic E-state index is 0.00147. The molecule has 0 aliphatic carbocycles. The van der Waals surface area contributed by atoms with Crippen LogP contribution in [0, 0.1) is 0 Å². The van der Waals surface area contributed by atoms with Crippen LogP contribution in [-0.2, 0) is 13.2 Å². The predicted octanol–water partition coefficient (Wildman–Crippen LogP) is 2.91. The number of anilines is 1. The molecule has 2 heterocycles. The molecule has 0 aliphatic heterocycles. The Balaban J connectivity index is 1.96. The van der Waals surface area contributed by atoms with Gasteiger partial charge < -0.3 is 10.0 Å². The Morgan fingerprint density at radius 2 is 2.10 bits per heavy atom. The van der Waals surface area contributed by atoms with Gasteiger partial charge in [0.05, 0.1) is 12.3 Å². The van der Waals surface area contributed by atoms with Gasteiger partial charge in [-0.15, -0.1) is 11.3 Å². The summed E-state index contributed by atoms with van der Waals surface area (Å²) in [5, 5.41) is 11.6. The number of hydrogen-bond acceptors (Lipinski definition) is 4. The van der Waals surface area contributed by atoms with Crippen LogP contribution in [0.4, 0.5) is 5.82 Å². The van der Waals surface area contributed by atoms with E-state index in [1.54, 1.807) is 11.3 Å². The van der Waals surface area contributed by atoms with E-state index in [-0.39, 0.29) is 6.61 Å². The number of benzene rings is 1. The van der Waals surface area contributed by atoms with Gasteiger partial charge in [-0.2, -0.15) is 0 Å². The minimum atomic E-state index is -0.00147. The summed E-state index contributed by atoms with van der Waals surface area (Å²) in [4.78, 5) is 7.78. The summed E-state index contributed by atoms with van der Waals surface area (Å²) < 4.78 is 1.97. The highest BCUT2D eigenvalue weighted by atomic mass is 32.1. The zero-order valence-corrected chi connectivity index (χ0v) is 12.2. The Labute approximate surface area is 121 Å². The quantitative estimate of drug-likeness (QED) is 0.784. The summed E-state index contributed by atoms with van der Waals surface area (Å²) in [7, 11) is 0. The maximum absolute atomic E-state index is 9.65. The molecule has 0 saturated heterocycles. The Morgan fingerprint density at radius 3 is 2.80 bits per heavy atom. The van der Waals surface area contributed by atoms with Crippen LogP contribution in [-0.4, -0.2) is 21.0 Å². The van der Waals surface area contributed by atoms with E-state index in [0.717, 1.165) is 29.6 Å². The smallest absolute Gasteiger partial charge is 0.195 e. The lowest BCUT2D eigenvalue weighted by atomic mass is 10.2. The molecular weight excluding hydrogens is 270 g/mol. The van der Waals surface area contributed by atoms with E-state index in [9.17, 15) is 5.11 Å². The van der Waals surface area contributed by atoms with Gasteiger partial charge in [-0.05, 0) is 12.5 Å². The van der Waals surface area contributed by atoms with E-state index in [0.29, 0.717) is 0 Å². The van der Waals surface area contributed by atoms with E-state index in [1.165, 1.54) is 5.56 Å². The van der Waals surface area contributed by atoms with Crippen LogP contribution in [0.5, 0.6) is 0 Å². The second-order valence-corrected chi connectivity index (χ2v) is 5.47. The van der Waals surface area contributed by atoms with Gasteiger partial charge in [-0.25, -0.2) is 4.98 Å². The zero-order chi connectivity index (χ0) is 13.9. The van der Waals surface area contributed by atoms with Crippen molar-refractivity contribution in [3.05, 3.63) is 53.2 Å². The van der Waals surface area contributed by atoms with E-state index in [4.69, 9.17) is 0 Å². The summed E-state index contributed by atoms with van der Waals surface area (Å²) in [6.07, 6.45) is 1.96. The maximum atomic E-state index is 9.65. The molecule has 0 aliphatic rings. The number of nitrogens with zero attached hydrogens (tertiary/aromatic N) is 3. The first-order valence-corrected chi connectivity index (χ1v) is 7.55. The fraction of sp³-hybridized carbons (Fsp3) is 0.267. The molecule has 4 nitrogen and oxygen atoms in total. The van der Waals surface area contributed by atoms with Crippen molar-refractivity contribution < 1.29 is 5.11 Å². The number of rotatable bonds is 5. The summed E-state index contributed by atoms with van der Waals surface area (Å²) in [6, 6.07) is 10.3. The maximum Gasteiger partial charge on any atom is 0.195 e. The van der Waals surface area contributed by atoms with E-state index in [2.05, 4.69) is 28.9 Å². The molecule has 0 radical (unpaired) electrons. The summed E-state index contributed by atoms with van der Waals surface area (Å²) >= 11 is 1.59. The molecule has 0 fully saturated rings. The lowest BCUT2D eigenvalue weighted by Crippen LogP contribution is -2.23. The lowest BCUT2D eigenvalue weighted by molar-refractivity contribution is 0.276. The number of imidazole rings is 1. The van der Waals surface area contributed by atoms with Gasteiger partial charge in [0.25, 0.3) is 0 Å². The number of fused-ring (bicyclic) bond motifs is 1. The van der Waals surface area contributed by atoms with E-state index >= 15 is 0 Å². The number of aliphatic hydroxyl groups excluding tert-OH is 1. The molecule has 0 spiro atoms. The van der Waals surface area contributed by atoms with Crippen LogP contribution in [0.2, 0.25) is 0 Å². The average molecular weight is 287 g/mol. The van der Waals surface area contributed by atoms with Crippen molar-refractivity contribution in [1.29, 1.82) is 0 Å². The normalized spacial score (nSPS) is 11.1. The summed E-state index contributed by atoms with van der Waals surface area (Å²) in [5.74, 6) is 0.880. The van der Waals surface area contributed by atoms with Crippen LogP contribution in [0.3, 0.4) is 0 Å². The molecule has 0 amide bonds. The van der Waals surface area contributed by atoms with Gasteiger partial charge in [0.1, 0.15) is 0 Å². The number of aliphatic hydroxyl groups is 1. The van der Waals surface area contributed by atoms with Crippen molar-refractivity contribution in [2.24, 2.45) is 0 Å². The first-order chi connectivity index (χ1) is 9.83. The van der Waals surface area contributed by atoms with E-state index in [1.807, 2.05) is 34.2 Å². The molecule has 5 heteroatoms. The molecule has 2 aromatic heterocycles. The molecule has 3 rings (SSSR count). The molecule has 3 aromatic rings. The van der Waals surface area contributed by atoms with Gasteiger partial charge in [0.2, 0.25) is 0 Å². The predicted molar refractivity (Wildman–Crippen MR) is 82.2 cm³/mol. The van der Waals surface area contributed by atoms with Crippen LogP contribution in [0.25, 0.3) is 4.96 Å². The number of aromatic nitrogens is 2. The van der Waals surface area contributed by atoms with Crippen LogP contribution < -0.4 is 4.90 Å². The molecule has 0 atom stereocenters. The Bertz CT molecular complexity index is 690. The van der Waals surface area contributed by atoms with Crippen LogP contribution in [0.15, 0.2) is 41.9 Å². The second-order valence-electron chi connectivity index (χ2n) is 4.60. The fourth-order valence-electron chi connectivity index (χ4n) is 2.36. The third-order valence-corrected chi connectivity index (χ3v) is 4.14. The zero-order valence-electron chi connectivity index (χ0n) is 11.4. The van der Waals surface area contributed by atoms with Crippen LogP contribution in [0.1, 0.15) is 18.2 Å². The van der Waals surface area contributed by atoms with Crippen LogP contribution >= 0.6 is 11.3 Å². The summed E-state index contributed by atoms with van der Waals surface area (Å²) in [5.41, 5.74) is 2.11. The molecule has 104 valence electrons. The SMILES string of the molecule is CCN(Cc1ccccc1)c1nc2sccn2c1CO. The number of hydrogen-bond donors (Lipinski definition) is 1. The van der Waals surface area contributed by atoms with Gasteiger partial charge in [0.15, 0.2) is 10.8 Å². The standard InChI is InChI=1S/C15H17N3OS/c1-2-17(10-12-6-4-3-5-7-12)14-13(11-19)18-8-9-20-15(18)16-14/h3-9,19H,2,10-11H2,1H3. The molecule has 0 saturated carbocycles. The van der Waals surface area contributed by atoms with Gasteiger partial charge in [-0.3, -0.25) is 4.40 Å². The summed E-state index contributed by atoms with van der Waals surface area (Å²) in [6.45, 7) is 3.76. The molecule has 0 unspecified atom stereocenters. The van der Waals surface area contributed by atoms with Crippen molar-refractivity contribution in [3.63, 3.8) is 0 Å². The second kappa shape index (κ2) is 5.64. The average Bonchev–Trinajstić information content (AvgIpc) is 3.06. The van der Waals surface area contributed by atoms with E-state index < -0.39 is 0 Å². The molecule has 1 aromatic carbocycles. The third kappa shape index (κ3) is 2.30. The molecule has 0 bridgehead atoms. The van der Waals surface area contributed by atoms with Crippen molar-refractivity contribution in [2.45, 2.75) is 20.1 Å². The minimum Gasteiger partial charge on any atom is -0.390 e. The topological polar surface area (TPSA) is 40.8 Å². The van der Waals surface area contributed by atoms with Crippen molar-refractivity contribution in [1.82, 2.24) is 9.38 Å². The first-order valence-electron chi connectivity index (χ1n) is 6.67. The Hall–Kier alpha value is -1.85. The van der Waals surface area contributed by atoms with Crippen molar-refractivity contribution >= 4 is 22.1 Å². The lowest BCUT2D eigenvalue weighted by Gasteiger charge is -2.21. The monoisotopic (exact) mass is 287 g/mol. The highest BCUT2D eigenvalue weighted by Crippen LogP contribution is 2.25. The number of thiazole rings is 1. The third-order valence-electron chi connectivity index (χ3n) is 3.39.